The number of hydrogen-bond acceptors (Lipinski definition) is 8. The van der Waals surface area contributed by atoms with Crippen molar-refractivity contribution in [2.45, 2.75) is 82.8 Å². The fourth-order valence-corrected chi connectivity index (χ4v) is 7.73. The lowest BCUT2D eigenvalue weighted by molar-refractivity contribution is -0.118. The standard InChI is InChI=1S/C39H48N6O5Si/c1-25(2)34(47)42-37-41-33-31(35(48)43-37)40-24-45(33)36-32(50-51(6,7)38(3,4)5)30(29(23-46)49-36)44-39(26-17-11-8-12-18-26,27-19-13-9-14-20-27)28-21-15-10-16-22-28/h8-22,24-25,29-30,32,36,44,46H,23H2,1-7H3,(H2,41,42,43,47,48)/t29-,30-,32-,36-/m1/s1. The van der Waals surface area contributed by atoms with Gasteiger partial charge in [-0.2, -0.15) is 4.98 Å². The zero-order chi connectivity index (χ0) is 36.6. The number of ether oxygens (including phenoxy) is 1. The molecule has 0 aliphatic carbocycles. The topological polar surface area (TPSA) is 143 Å². The van der Waals surface area contributed by atoms with Crippen molar-refractivity contribution < 1.29 is 19.1 Å². The maximum absolute atomic E-state index is 13.2. The van der Waals surface area contributed by atoms with Crippen LogP contribution < -0.4 is 16.2 Å². The molecule has 3 heterocycles. The minimum absolute atomic E-state index is 0.0115. The molecule has 6 rings (SSSR count). The summed E-state index contributed by atoms with van der Waals surface area (Å²) >= 11 is 0. The molecule has 268 valence electrons. The summed E-state index contributed by atoms with van der Waals surface area (Å²) in [6.07, 6.45) is -0.740. The highest BCUT2D eigenvalue weighted by Gasteiger charge is 2.54. The molecule has 5 aromatic rings. The average Bonchev–Trinajstić information content (AvgIpc) is 3.68. The van der Waals surface area contributed by atoms with E-state index < -0.39 is 43.9 Å². The number of fused-ring (bicyclic) bond motifs is 1. The van der Waals surface area contributed by atoms with Crippen LogP contribution in [0.5, 0.6) is 0 Å². The SMILES string of the molecule is CC(C)C(=O)Nc1nc2c(ncn2[C@@H]2O[C@H](CO)[C@@H](NC(c3ccccc3)(c3ccccc3)c3ccccc3)[C@H]2O[Si](C)(C)C(C)(C)C)c(=O)[nH]1. The van der Waals surface area contributed by atoms with Crippen LogP contribution in [0.4, 0.5) is 5.95 Å². The van der Waals surface area contributed by atoms with E-state index in [-0.39, 0.29) is 40.6 Å². The predicted molar refractivity (Wildman–Crippen MR) is 201 cm³/mol. The molecule has 1 aliphatic heterocycles. The second-order valence-corrected chi connectivity index (χ2v) is 19.7. The van der Waals surface area contributed by atoms with Gasteiger partial charge in [-0.05, 0) is 34.8 Å². The minimum atomic E-state index is -2.53. The first-order chi connectivity index (χ1) is 24.3. The molecule has 4 N–H and O–H groups in total. The number of carbonyl (C=O) groups is 1. The number of carbonyl (C=O) groups excluding carboxylic acids is 1. The third-order valence-corrected chi connectivity index (χ3v) is 14.7. The second-order valence-electron chi connectivity index (χ2n) is 15.0. The van der Waals surface area contributed by atoms with E-state index >= 15 is 0 Å². The van der Waals surface area contributed by atoms with Gasteiger partial charge in [0.25, 0.3) is 5.56 Å². The van der Waals surface area contributed by atoms with Gasteiger partial charge in [-0.1, -0.05) is 126 Å². The summed E-state index contributed by atoms with van der Waals surface area (Å²) in [7, 11) is -2.53. The highest BCUT2D eigenvalue weighted by atomic mass is 28.4. The van der Waals surface area contributed by atoms with Crippen LogP contribution in [-0.4, -0.2) is 63.7 Å². The summed E-state index contributed by atoms with van der Waals surface area (Å²) in [5.74, 6) is -0.603. The summed E-state index contributed by atoms with van der Waals surface area (Å²) in [5.41, 5.74) is 1.93. The van der Waals surface area contributed by atoms with Gasteiger partial charge >= 0.3 is 0 Å². The summed E-state index contributed by atoms with van der Waals surface area (Å²) in [5, 5.41) is 17.6. The molecule has 1 aliphatic rings. The van der Waals surface area contributed by atoms with E-state index in [2.05, 4.69) is 95.8 Å². The zero-order valence-electron chi connectivity index (χ0n) is 30.3. The number of rotatable bonds is 11. The molecule has 1 saturated heterocycles. The molecule has 1 amide bonds. The van der Waals surface area contributed by atoms with Gasteiger partial charge in [-0.3, -0.25) is 29.8 Å². The number of amides is 1. The number of benzene rings is 3. The number of nitrogens with one attached hydrogen (secondary N) is 3. The predicted octanol–water partition coefficient (Wildman–Crippen LogP) is 5.94. The van der Waals surface area contributed by atoms with Crippen LogP contribution in [0.2, 0.25) is 18.1 Å². The molecule has 0 spiro atoms. The lowest BCUT2D eigenvalue weighted by Crippen LogP contribution is -2.59. The number of imidazole rings is 1. The first kappa shape index (κ1) is 36.3. The molecule has 0 radical (unpaired) electrons. The van der Waals surface area contributed by atoms with E-state index in [1.54, 1.807) is 18.4 Å². The van der Waals surface area contributed by atoms with E-state index in [1.807, 2.05) is 54.6 Å². The third kappa shape index (κ3) is 6.94. The Balaban J connectivity index is 1.55. The van der Waals surface area contributed by atoms with E-state index in [0.29, 0.717) is 0 Å². The molecule has 2 aromatic heterocycles. The minimum Gasteiger partial charge on any atom is -0.408 e. The summed E-state index contributed by atoms with van der Waals surface area (Å²) in [6.45, 7) is 14.1. The van der Waals surface area contributed by atoms with Crippen LogP contribution >= 0.6 is 0 Å². The Hall–Kier alpha value is -4.46. The van der Waals surface area contributed by atoms with Crippen molar-refractivity contribution in [1.29, 1.82) is 0 Å². The van der Waals surface area contributed by atoms with E-state index in [9.17, 15) is 14.7 Å². The van der Waals surface area contributed by atoms with Crippen molar-refractivity contribution in [3.63, 3.8) is 0 Å². The smallest absolute Gasteiger partial charge is 0.280 e. The quantitative estimate of drug-likeness (QED) is 0.0975. The number of anilines is 1. The summed E-state index contributed by atoms with van der Waals surface area (Å²) in [6, 6.07) is 30.2. The van der Waals surface area contributed by atoms with Gasteiger partial charge in [0, 0.05) is 5.92 Å². The van der Waals surface area contributed by atoms with Gasteiger partial charge < -0.3 is 14.3 Å². The fourth-order valence-electron chi connectivity index (χ4n) is 6.43. The molecule has 0 saturated carbocycles. The van der Waals surface area contributed by atoms with Gasteiger partial charge in [0.05, 0.1) is 24.5 Å². The van der Waals surface area contributed by atoms with Crippen molar-refractivity contribution in [2.24, 2.45) is 5.92 Å². The Bertz CT molecular complexity index is 1910. The summed E-state index contributed by atoms with van der Waals surface area (Å²) < 4.78 is 15.8. The molecule has 1 fully saturated rings. The number of aliphatic hydroxyl groups excluding tert-OH is 1. The van der Waals surface area contributed by atoms with E-state index in [0.717, 1.165) is 16.7 Å². The molecular weight excluding hydrogens is 661 g/mol. The highest BCUT2D eigenvalue weighted by Crippen LogP contribution is 2.45. The average molecular weight is 709 g/mol. The van der Waals surface area contributed by atoms with E-state index in [1.165, 1.54) is 6.33 Å². The summed E-state index contributed by atoms with van der Waals surface area (Å²) in [4.78, 5) is 37.5. The van der Waals surface area contributed by atoms with Crippen LogP contribution in [0.1, 0.15) is 57.5 Å². The van der Waals surface area contributed by atoms with Crippen LogP contribution in [-0.2, 0) is 19.5 Å². The van der Waals surface area contributed by atoms with Gasteiger partial charge in [0.1, 0.15) is 12.2 Å². The Kier molecular flexibility index (Phi) is 10.2. The van der Waals surface area contributed by atoms with Crippen LogP contribution in [0.3, 0.4) is 0 Å². The number of nitrogens with zero attached hydrogens (tertiary/aromatic N) is 3. The number of aliphatic hydroxyl groups is 1. The first-order valence-electron chi connectivity index (χ1n) is 17.4. The fraction of sp³-hybridized carbons (Fsp3) is 0.385. The third-order valence-electron chi connectivity index (χ3n) is 10.2. The Morgan fingerprint density at radius 1 is 0.961 bits per heavy atom. The van der Waals surface area contributed by atoms with Gasteiger partial charge in [-0.25, -0.2) is 4.98 Å². The van der Waals surface area contributed by atoms with Gasteiger partial charge in [-0.15, -0.1) is 0 Å². The second kappa shape index (κ2) is 14.3. The lowest BCUT2D eigenvalue weighted by Gasteiger charge is -2.44. The number of aromatic amines is 1. The largest absolute Gasteiger partial charge is 0.408 e. The van der Waals surface area contributed by atoms with Gasteiger partial charge in [0.15, 0.2) is 25.7 Å². The van der Waals surface area contributed by atoms with Crippen molar-refractivity contribution in [1.82, 2.24) is 24.8 Å². The van der Waals surface area contributed by atoms with Crippen molar-refractivity contribution >= 4 is 31.3 Å². The normalized spacial score (nSPS) is 19.9. The number of H-pyrrole nitrogens is 1. The molecule has 12 heteroatoms. The maximum Gasteiger partial charge on any atom is 0.280 e. The molecule has 51 heavy (non-hydrogen) atoms. The molecule has 0 bridgehead atoms. The Morgan fingerprint density at radius 2 is 1.49 bits per heavy atom. The van der Waals surface area contributed by atoms with Crippen molar-refractivity contribution in [3.8, 4) is 0 Å². The molecule has 11 nitrogen and oxygen atoms in total. The maximum atomic E-state index is 13.2. The van der Waals surface area contributed by atoms with Crippen LogP contribution in [0.15, 0.2) is 102 Å². The number of hydrogen-bond donors (Lipinski definition) is 4. The van der Waals surface area contributed by atoms with Crippen LogP contribution in [0, 0.1) is 5.92 Å². The molecular formula is C39H48N6O5Si. The highest BCUT2D eigenvalue weighted by molar-refractivity contribution is 6.74. The lowest BCUT2D eigenvalue weighted by atomic mass is 9.76. The monoisotopic (exact) mass is 708 g/mol. The molecule has 4 atom stereocenters. The molecule has 0 unspecified atom stereocenters. The Morgan fingerprint density at radius 3 is 1.96 bits per heavy atom. The Labute approximate surface area is 299 Å². The van der Waals surface area contributed by atoms with Crippen molar-refractivity contribution in [3.05, 3.63) is 124 Å². The number of aromatic nitrogens is 4. The first-order valence-corrected chi connectivity index (χ1v) is 20.3. The van der Waals surface area contributed by atoms with Gasteiger partial charge in [0.2, 0.25) is 11.9 Å². The van der Waals surface area contributed by atoms with Crippen molar-refractivity contribution in [2.75, 3.05) is 11.9 Å². The zero-order valence-corrected chi connectivity index (χ0v) is 31.3. The molecule has 3 aromatic carbocycles. The van der Waals surface area contributed by atoms with E-state index in [4.69, 9.17) is 9.16 Å². The van der Waals surface area contributed by atoms with Crippen LogP contribution in [0.25, 0.3) is 11.2 Å².